The number of nitro groups is 1. The third-order valence-corrected chi connectivity index (χ3v) is 4.17. The van der Waals surface area contributed by atoms with E-state index in [2.05, 4.69) is 6.92 Å². The molecule has 0 N–H and O–H groups in total. The van der Waals surface area contributed by atoms with Crippen LogP contribution in [0, 0.1) is 10.1 Å². The summed E-state index contributed by atoms with van der Waals surface area (Å²) in [6, 6.07) is 0. The number of rotatable bonds is 7. The normalized spacial score (nSPS) is 9.18. The number of nitrogens with zero attached hydrogens (tertiary/aromatic N) is 1. The second-order valence-corrected chi connectivity index (χ2v) is 6.33. The van der Waals surface area contributed by atoms with E-state index in [1.54, 1.807) is 0 Å². The summed E-state index contributed by atoms with van der Waals surface area (Å²) >= 11 is -1.35. The Hall–Kier alpha value is 0.0234. The van der Waals surface area contributed by atoms with Gasteiger partial charge in [0.05, 0.1) is 0 Å². The Balaban J connectivity index is 2.85. The van der Waals surface area contributed by atoms with Gasteiger partial charge in [-0.25, -0.2) is 0 Å². The van der Waals surface area contributed by atoms with E-state index in [1.807, 2.05) is 0 Å². The average Bonchev–Trinajstić information content (AvgIpc) is 1.96. The van der Waals surface area contributed by atoms with Crippen molar-refractivity contribution < 1.29 is 21.0 Å². The van der Waals surface area contributed by atoms with Crippen molar-refractivity contribution in [3.63, 3.8) is 0 Å². The molecule has 62 valence electrons. The Morgan fingerprint density at radius 1 is 1.27 bits per heavy atom. The Kier molecular flexibility index (Phi) is 8.14. The first-order valence-corrected chi connectivity index (χ1v) is 7.81. The van der Waals surface area contributed by atoms with Gasteiger partial charge in [0.2, 0.25) is 0 Å². The van der Waals surface area contributed by atoms with Crippen LogP contribution in [0.2, 0.25) is 5.02 Å². The fourth-order valence-electron chi connectivity index (χ4n) is 1.02. The minimum atomic E-state index is -1.35. The molecule has 0 aromatic rings. The molecule has 0 unspecified atom stereocenters. The van der Waals surface area contributed by atoms with E-state index in [1.165, 1.54) is 25.7 Å². The predicted octanol–water partition coefficient (Wildman–Crippen LogP) is 2.65. The summed E-state index contributed by atoms with van der Waals surface area (Å²) in [6.45, 7) is 2.18. The Bertz CT molecular complexity index is 109. The van der Waals surface area contributed by atoms with Crippen molar-refractivity contribution in [1.29, 1.82) is 0 Å². The molecule has 4 heteroatoms. The predicted molar refractivity (Wildman–Crippen MR) is 40.6 cm³/mol. The molecule has 0 aliphatic rings. The van der Waals surface area contributed by atoms with E-state index in [0.717, 1.165) is 11.4 Å². The zero-order valence-electron chi connectivity index (χ0n) is 7.21. The van der Waals surface area contributed by atoms with Crippen molar-refractivity contribution in [3.05, 3.63) is 10.1 Å². The quantitative estimate of drug-likeness (QED) is 0.281. The van der Waals surface area contributed by atoms with Crippen molar-refractivity contribution in [3.8, 4) is 0 Å². The number of unbranched alkanes of at least 4 members (excludes halogenated alkanes) is 4. The summed E-state index contributed by atoms with van der Waals surface area (Å²) in [6.07, 6.45) is 6.09. The van der Waals surface area contributed by atoms with E-state index < -0.39 is 17.4 Å². The molecular formula is C7H15NO2Zn. The van der Waals surface area contributed by atoms with Gasteiger partial charge in [0.15, 0.2) is 0 Å². The second kappa shape index (κ2) is 8.12. The summed E-state index contributed by atoms with van der Waals surface area (Å²) in [4.78, 5) is 9.98. The first kappa shape index (κ1) is 11.0. The van der Waals surface area contributed by atoms with Crippen molar-refractivity contribution in [2.75, 3.05) is 0 Å². The van der Waals surface area contributed by atoms with Gasteiger partial charge in [-0.3, -0.25) is 0 Å². The van der Waals surface area contributed by atoms with Crippen LogP contribution in [0.3, 0.4) is 0 Å². The zero-order chi connectivity index (χ0) is 8.53. The van der Waals surface area contributed by atoms with Crippen LogP contribution in [0.15, 0.2) is 0 Å². The Morgan fingerprint density at radius 3 is 2.45 bits per heavy atom. The third-order valence-electron chi connectivity index (χ3n) is 1.69. The molecule has 0 fully saturated rings. The maximum atomic E-state index is 9.98. The van der Waals surface area contributed by atoms with Crippen molar-refractivity contribution >= 4 is 0 Å². The molecule has 11 heavy (non-hydrogen) atoms. The molecule has 0 radical (unpaired) electrons. The molecular weight excluding hydrogens is 195 g/mol. The van der Waals surface area contributed by atoms with E-state index in [0.29, 0.717) is 0 Å². The zero-order valence-corrected chi connectivity index (χ0v) is 10.2. The molecule has 0 heterocycles. The van der Waals surface area contributed by atoms with Crippen LogP contribution in [0.25, 0.3) is 0 Å². The molecule has 0 bridgehead atoms. The standard InChI is InChI=1S/C7H15.NO2.Zn/c1-3-5-7-6-4-2;2-1-3;/h1,3-7H2,2H3;;. The molecule has 0 rings (SSSR count). The van der Waals surface area contributed by atoms with Gasteiger partial charge in [0, 0.05) is 0 Å². The van der Waals surface area contributed by atoms with Gasteiger partial charge in [-0.2, -0.15) is 0 Å². The molecule has 0 aliphatic heterocycles. The second-order valence-electron chi connectivity index (χ2n) is 2.82. The van der Waals surface area contributed by atoms with E-state index in [4.69, 9.17) is 0 Å². The van der Waals surface area contributed by atoms with Crippen LogP contribution in [-0.2, 0) is 17.4 Å². The van der Waals surface area contributed by atoms with Crippen LogP contribution in [0.5, 0.6) is 0 Å². The van der Waals surface area contributed by atoms with Gasteiger partial charge in [-0.05, 0) is 0 Å². The van der Waals surface area contributed by atoms with Gasteiger partial charge in [-0.15, -0.1) is 0 Å². The first-order valence-electron chi connectivity index (χ1n) is 4.39. The molecule has 0 aromatic carbocycles. The van der Waals surface area contributed by atoms with E-state index >= 15 is 0 Å². The van der Waals surface area contributed by atoms with Gasteiger partial charge >= 0.3 is 75.2 Å². The van der Waals surface area contributed by atoms with Crippen molar-refractivity contribution in [2.24, 2.45) is 0 Å². The average molecular weight is 211 g/mol. The van der Waals surface area contributed by atoms with Crippen LogP contribution in [-0.4, -0.2) is 3.67 Å². The fraction of sp³-hybridized carbons (Fsp3) is 1.00. The van der Waals surface area contributed by atoms with Crippen LogP contribution in [0.4, 0.5) is 0 Å². The molecule has 0 atom stereocenters. The van der Waals surface area contributed by atoms with Crippen LogP contribution < -0.4 is 0 Å². The summed E-state index contributed by atoms with van der Waals surface area (Å²) in [5.74, 6) is 0. The molecule has 0 aromatic heterocycles. The third kappa shape index (κ3) is 10.0. The molecule has 0 spiro atoms. The maximum absolute atomic E-state index is 9.98. The monoisotopic (exact) mass is 209 g/mol. The summed E-state index contributed by atoms with van der Waals surface area (Å²) in [5, 5.41) is 10.9. The van der Waals surface area contributed by atoms with Gasteiger partial charge in [-0.1, -0.05) is 0 Å². The topological polar surface area (TPSA) is 43.1 Å². The Morgan fingerprint density at radius 2 is 1.91 bits per heavy atom. The van der Waals surface area contributed by atoms with Crippen LogP contribution in [0.1, 0.15) is 39.0 Å². The Labute approximate surface area is 75.6 Å². The number of hydrogen-bond acceptors (Lipinski definition) is 2. The molecule has 0 amide bonds. The molecule has 3 nitrogen and oxygen atoms in total. The summed E-state index contributed by atoms with van der Waals surface area (Å²) < 4.78 is -0.0488. The first-order chi connectivity index (χ1) is 5.27. The summed E-state index contributed by atoms with van der Waals surface area (Å²) in [7, 11) is 0. The van der Waals surface area contributed by atoms with E-state index in [-0.39, 0.29) is 3.67 Å². The van der Waals surface area contributed by atoms with Crippen LogP contribution >= 0.6 is 0 Å². The minimum absolute atomic E-state index is 0.0488. The van der Waals surface area contributed by atoms with Gasteiger partial charge < -0.3 is 0 Å². The summed E-state index contributed by atoms with van der Waals surface area (Å²) in [5.41, 5.74) is 0. The van der Waals surface area contributed by atoms with Crippen molar-refractivity contribution in [2.45, 2.75) is 44.0 Å². The molecule has 0 saturated carbocycles. The van der Waals surface area contributed by atoms with E-state index in [9.17, 15) is 10.1 Å². The van der Waals surface area contributed by atoms with Crippen molar-refractivity contribution in [1.82, 2.24) is 0 Å². The number of hydrogen-bond donors (Lipinski definition) is 0. The SMILES string of the molecule is CCCCCC[CH2][Zn][N+](=O)[O-]. The van der Waals surface area contributed by atoms with Gasteiger partial charge in [0.1, 0.15) is 0 Å². The van der Waals surface area contributed by atoms with Gasteiger partial charge in [0.25, 0.3) is 0 Å². The fourth-order valence-corrected chi connectivity index (χ4v) is 2.77. The molecule has 0 aliphatic carbocycles. The molecule has 0 saturated heterocycles.